The Morgan fingerprint density at radius 1 is 1.20 bits per heavy atom. The van der Waals surface area contributed by atoms with E-state index >= 15 is 0 Å². The van der Waals surface area contributed by atoms with Gasteiger partial charge in [0.15, 0.2) is 17.0 Å². The normalized spacial score (nSPS) is 10.2. The zero-order chi connectivity index (χ0) is 14.1. The van der Waals surface area contributed by atoms with Crippen LogP contribution in [0, 0.1) is 11.8 Å². The van der Waals surface area contributed by atoms with Crippen molar-refractivity contribution in [3.63, 3.8) is 0 Å². The summed E-state index contributed by atoms with van der Waals surface area (Å²) in [6.07, 6.45) is 0. The summed E-state index contributed by atoms with van der Waals surface area (Å²) in [6, 6.07) is 9.54. The molecular formula is C14H11N5O. The number of benzene rings is 1. The molecule has 0 aliphatic carbocycles. The van der Waals surface area contributed by atoms with Crippen LogP contribution < -0.4 is 11.3 Å². The number of fused-ring (bicyclic) bond motifs is 1. The number of aryl methyl sites for hydroxylation is 1. The third-order valence-electron chi connectivity index (χ3n) is 2.84. The molecular weight excluding hydrogens is 254 g/mol. The summed E-state index contributed by atoms with van der Waals surface area (Å²) in [5, 5.41) is 0. The Morgan fingerprint density at radius 3 is 2.70 bits per heavy atom. The highest BCUT2D eigenvalue weighted by Gasteiger charge is 2.11. The Morgan fingerprint density at radius 2 is 1.95 bits per heavy atom. The van der Waals surface area contributed by atoms with Gasteiger partial charge in [-0.1, -0.05) is 24.1 Å². The van der Waals surface area contributed by atoms with Crippen molar-refractivity contribution in [2.75, 3.05) is 5.73 Å². The standard InChI is InChI=1S/C14H11N5O/c1-19-10(8-7-9-5-3-2-4-6-9)16-11-12(19)17-14(15)18-13(11)20/h2-6H,1H3,(H3,15,17,18,20). The number of hydrogen-bond donors (Lipinski definition) is 2. The first-order valence-corrected chi connectivity index (χ1v) is 5.94. The van der Waals surface area contributed by atoms with Crippen LogP contribution in [0.2, 0.25) is 0 Å². The SMILES string of the molecule is Cn1c(C#Cc2ccccc2)nc2c(=O)[nH]c(N)nc21. The fourth-order valence-electron chi connectivity index (χ4n) is 1.85. The molecule has 6 nitrogen and oxygen atoms in total. The lowest BCUT2D eigenvalue weighted by atomic mass is 10.2. The van der Waals surface area contributed by atoms with Crippen LogP contribution in [0.15, 0.2) is 35.1 Å². The number of anilines is 1. The van der Waals surface area contributed by atoms with Crippen molar-refractivity contribution < 1.29 is 0 Å². The second-order valence-electron chi connectivity index (χ2n) is 4.23. The van der Waals surface area contributed by atoms with Gasteiger partial charge in [-0.05, 0) is 18.1 Å². The quantitative estimate of drug-likeness (QED) is 0.584. The summed E-state index contributed by atoms with van der Waals surface area (Å²) in [5.41, 5.74) is 6.69. The van der Waals surface area contributed by atoms with Gasteiger partial charge in [-0.15, -0.1) is 0 Å². The van der Waals surface area contributed by atoms with Gasteiger partial charge in [0.1, 0.15) is 0 Å². The summed E-state index contributed by atoms with van der Waals surface area (Å²) < 4.78 is 1.65. The minimum absolute atomic E-state index is 0.0630. The molecule has 0 fully saturated rings. The van der Waals surface area contributed by atoms with Gasteiger partial charge in [0.25, 0.3) is 5.56 Å². The zero-order valence-electron chi connectivity index (χ0n) is 10.7. The summed E-state index contributed by atoms with van der Waals surface area (Å²) >= 11 is 0. The number of aromatic nitrogens is 4. The lowest BCUT2D eigenvalue weighted by Gasteiger charge is -1.95. The van der Waals surface area contributed by atoms with E-state index in [2.05, 4.69) is 26.8 Å². The predicted octanol–water partition coefficient (Wildman–Crippen LogP) is 0.639. The molecule has 1 aromatic carbocycles. The van der Waals surface area contributed by atoms with Crippen LogP contribution in [0.4, 0.5) is 5.95 Å². The molecule has 0 bridgehead atoms. The average molecular weight is 265 g/mol. The van der Waals surface area contributed by atoms with E-state index in [0.29, 0.717) is 11.5 Å². The van der Waals surface area contributed by atoms with Crippen LogP contribution in [-0.4, -0.2) is 19.5 Å². The van der Waals surface area contributed by atoms with Gasteiger partial charge < -0.3 is 10.3 Å². The predicted molar refractivity (Wildman–Crippen MR) is 76.0 cm³/mol. The molecule has 20 heavy (non-hydrogen) atoms. The summed E-state index contributed by atoms with van der Waals surface area (Å²) in [5.74, 6) is 6.45. The van der Waals surface area contributed by atoms with Crippen LogP contribution in [0.5, 0.6) is 0 Å². The molecule has 98 valence electrons. The number of aromatic amines is 1. The maximum atomic E-state index is 11.7. The Bertz CT molecular complexity index is 896. The Labute approximate surface area is 114 Å². The van der Waals surface area contributed by atoms with Crippen molar-refractivity contribution in [2.45, 2.75) is 0 Å². The molecule has 2 aromatic heterocycles. The molecule has 0 unspecified atom stereocenters. The second kappa shape index (κ2) is 4.55. The van der Waals surface area contributed by atoms with Crippen molar-refractivity contribution in [3.05, 3.63) is 52.1 Å². The highest BCUT2D eigenvalue weighted by Crippen LogP contribution is 2.08. The van der Waals surface area contributed by atoms with Crippen LogP contribution in [-0.2, 0) is 7.05 Å². The van der Waals surface area contributed by atoms with Crippen LogP contribution in [0.1, 0.15) is 11.4 Å². The third-order valence-corrected chi connectivity index (χ3v) is 2.84. The van der Waals surface area contributed by atoms with Gasteiger partial charge in [0, 0.05) is 12.6 Å². The molecule has 0 saturated carbocycles. The number of nitrogens with one attached hydrogen (secondary N) is 1. The first-order chi connectivity index (χ1) is 9.65. The molecule has 0 atom stereocenters. The summed E-state index contributed by atoms with van der Waals surface area (Å²) in [7, 11) is 1.75. The summed E-state index contributed by atoms with van der Waals surface area (Å²) in [6.45, 7) is 0. The number of nitrogens with two attached hydrogens (primary N) is 1. The van der Waals surface area contributed by atoms with Gasteiger partial charge in [-0.2, -0.15) is 4.98 Å². The van der Waals surface area contributed by atoms with Crippen LogP contribution in [0.3, 0.4) is 0 Å². The van der Waals surface area contributed by atoms with E-state index in [1.807, 2.05) is 30.3 Å². The smallest absolute Gasteiger partial charge is 0.280 e. The molecule has 3 rings (SSSR count). The number of H-pyrrole nitrogens is 1. The van der Waals surface area contributed by atoms with Crippen LogP contribution >= 0.6 is 0 Å². The Balaban J connectivity index is 2.15. The molecule has 3 aromatic rings. The van der Waals surface area contributed by atoms with Crippen molar-refractivity contribution >= 4 is 17.1 Å². The average Bonchev–Trinajstić information content (AvgIpc) is 2.75. The van der Waals surface area contributed by atoms with Crippen molar-refractivity contribution in [2.24, 2.45) is 7.05 Å². The Hall–Kier alpha value is -3.07. The highest BCUT2D eigenvalue weighted by molar-refractivity contribution is 5.72. The van der Waals surface area contributed by atoms with E-state index in [0.717, 1.165) is 5.56 Å². The molecule has 6 heteroatoms. The van der Waals surface area contributed by atoms with E-state index in [4.69, 9.17) is 5.73 Å². The van der Waals surface area contributed by atoms with Crippen LogP contribution in [0.25, 0.3) is 11.2 Å². The van der Waals surface area contributed by atoms with E-state index < -0.39 is 0 Å². The van der Waals surface area contributed by atoms with Crippen molar-refractivity contribution in [3.8, 4) is 11.8 Å². The zero-order valence-corrected chi connectivity index (χ0v) is 10.7. The number of nitrogen functional groups attached to an aromatic ring is 1. The summed E-state index contributed by atoms with van der Waals surface area (Å²) in [4.78, 5) is 22.4. The minimum atomic E-state index is -0.365. The van der Waals surface area contributed by atoms with Gasteiger partial charge in [0.2, 0.25) is 5.95 Å². The molecule has 3 N–H and O–H groups in total. The number of hydrogen-bond acceptors (Lipinski definition) is 4. The lowest BCUT2D eigenvalue weighted by molar-refractivity contribution is 0.909. The number of nitrogens with zero attached hydrogens (tertiary/aromatic N) is 3. The van der Waals surface area contributed by atoms with E-state index in [1.54, 1.807) is 11.6 Å². The lowest BCUT2D eigenvalue weighted by Crippen LogP contribution is -2.11. The first kappa shape index (κ1) is 12.0. The maximum absolute atomic E-state index is 11.7. The molecule has 0 amide bonds. The van der Waals surface area contributed by atoms with Crippen molar-refractivity contribution in [1.82, 2.24) is 19.5 Å². The van der Waals surface area contributed by atoms with E-state index in [-0.39, 0.29) is 17.0 Å². The molecule has 0 saturated heterocycles. The van der Waals surface area contributed by atoms with Crippen molar-refractivity contribution in [1.29, 1.82) is 0 Å². The molecule has 0 radical (unpaired) electrons. The van der Waals surface area contributed by atoms with Gasteiger partial charge in [0.05, 0.1) is 0 Å². The number of imidazole rings is 1. The largest absolute Gasteiger partial charge is 0.369 e. The fourth-order valence-corrected chi connectivity index (χ4v) is 1.85. The third kappa shape index (κ3) is 2.01. The molecule has 0 aliphatic heterocycles. The topological polar surface area (TPSA) is 89.6 Å². The monoisotopic (exact) mass is 265 g/mol. The van der Waals surface area contributed by atoms with E-state index in [1.165, 1.54) is 0 Å². The van der Waals surface area contributed by atoms with Gasteiger partial charge in [-0.3, -0.25) is 9.78 Å². The second-order valence-corrected chi connectivity index (χ2v) is 4.23. The Kier molecular flexibility index (Phi) is 2.73. The van der Waals surface area contributed by atoms with Gasteiger partial charge in [-0.25, -0.2) is 4.98 Å². The molecule has 0 aliphatic rings. The number of rotatable bonds is 0. The van der Waals surface area contributed by atoms with E-state index in [9.17, 15) is 4.79 Å². The minimum Gasteiger partial charge on any atom is -0.369 e. The molecule has 2 heterocycles. The fraction of sp³-hybridized carbons (Fsp3) is 0.0714. The van der Waals surface area contributed by atoms with Gasteiger partial charge >= 0.3 is 0 Å². The maximum Gasteiger partial charge on any atom is 0.280 e. The highest BCUT2D eigenvalue weighted by atomic mass is 16.1. The first-order valence-electron chi connectivity index (χ1n) is 5.94. The molecule has 0 spiro atoms.